The number of benzene rings is 2. The van der Waals surface area contributed by atoms with Gasteiger partial charge in [0.1, 0.15) is 0 Å². The summed E-state index contributed by atoms with van der Waals surface area (Å²) >= 11 is 0. The van der Waals surface area contributed by atoms with Crippen LogP contribution in [0.15, 0.2) is 58.8 Å². The molecule has 2 N–H and O–H groups in total. The van der Waals surface area contributed by atoms with Crippen molar-refractivity contribution in [2.75, 3.05) is 22.9 Å². The van der Waals surface area contributed by atoms with Gasteiger partial charge in [-0.25, -0.2) is 0 Å². The van der Waals surface area contributed by atoms with Crippen LogP contribution in [0.5, 0.6) is 0 Å². The first kappa shape index (κ1) is 46.1. The van der Waals surface area contributed by atoms with Gasteiger partial charge in [0.25, 0.3) is 0 Å². The molecule has 10 heteroatoms. The summed E-state index contributed by atoms with van der Waals surface area (Å²) in [7, 11) is 0. The van der Waals surface area contributed by atoms with Crippen molar-refractivity contribution in [3.05, 3.63) is 48.5 Å². The van der Waals surface area contributed by atoms with E-state index in [-0.39, 0.29) is 37.5 Å². The molecule has 0 spiro atoms. The molecule has 0 saturated carbocycles. The van der Waals surface area contributed by atoms with Gasteiger partial charge in [0.2, 0.25) is 11.8 Å². The zero-order valence-corrected chi connectivity index (χ0v) is 33.3. The number of carbonyl (C=O) groups excluding carboxylic acids is 2. The highest BCUT2D eigenvalue weighted by Gasteiger charge is 2.18. The second-order valence-electron chi connectivity index (χ2n) is 14.5. The van der Waals surface area contributed by atoms with Crippen LogP contribution in [-0.4, -0.2) is 47.1 Å². The Morgan fingerprint density at radius 1 is 0.426 bits per heavy atom. The van der Waals surface area contributed by atoms with Crippen LogP contribution < -0.4 is 9.80 Å². The highest BCUT2D eigenvalue weighted by atomic mass is 16.4. The minimum atomic E-state index is -0.988. The molecular weight excluding hydrogens is 681 g/mol. The van der Waals surface area contributed by atoms with Gasteiger partial charge in [-0.1, -0.05) is 129 Å². The van der Waals surface area contributed by atoms with E-state index in [1.54, 1.807) is 34.1 Å². The summed E-state index contributed by atoms with van der Waals surface area (Å²) in [6.07, 6.45) is 23.3. The molecule has 2 aromatic carbocycles. The number of rotatable bonds is 32. The monoisotopic (exact) mass is 749 g/mol. The third-order valence-corrected chi connectivity index (χ3v) is 9.78. The molecule has 0 aliphatic rings. The SMILES string of the molecule is CCCCCCCCCCCCN(C(=O)CCC(=O)O)c1ccc(N=Nc2ccc(N(CCCCCCCCCCCC)C(=O)CCC(=O)O)cc2)cc1. The van der Waals surface area contributed by atoms with Gasteiger partial charge in [-0.3, -0.25) is 19.2 Å². The van der Waals surface area contributed by atoms with E-state index in [1.807, 2.05) is 24.3 Å². The van der Waals surface area contributed by atoms with E-state index in [1.165, 1.54) is 89.9 Å². The van der Waals surface area contributed by atoms with Crippen LogP contribution in [0.1, 0.15) is 168 Å². The van der Waals surface area contributed by atoms with E-state index in [0.717, 1.165) is 38.5 Å². The van der Waals surface area contributed by atoms with Gasteiger partial charge in [0.15, 0.2) is 0 Å². The van der Waals surface area contributed by atoms with Crippen molar-refractivity contribution in [2.24, 2.45) is 10.2 Å². The number of nitrogens with zero attached hydrogens (tertiary/aromatic N) is 4. The van der Waals surface area contributed by atoms with E-state index in [2.05, 4.69) is 24.1 Å². The number of unbranched alkanes of at least 4 members (excludes halogenated alkanes) is 18. The summed E-state index contributed by atoms with van der Waals surface area (Å²) in [4.78, 5) is 51.8. The molecule has 0 unspecified atom stereocenters. The van der Waals surface area contributed by atoms with Crippen molar-refractivity contribution in [3.8, 4) is 0 Å². The smallest absolute Gasteiger partial charge is 0.303 e. The Labute approximate surface area is 324 Å². The van der Waals surface area contributed by atoms with Gasteiger partial charge in [0.05, 0.1) is 24.2 Å². The number of carbonyl (C=O) groups is 4. The van der Waals surface area contributed by atoms with Crippen LogP contribution in [0.3, 0.4) is 0 Å². The first-order chi connectivity index (χ1) is 26.2. The molecule has 2 rings (SSSR count). The lowest BCUT2D eigenvalue weighted by Crippen LogP contribution is -2.32. The Bertz CT molecular complexity index is 1260. The Morgan fingerprint density at radius 2 is 0.704 bits per heavy atom. The second kappa shape index (κ2) is 29.3. The number of hydrogen-bond donors (Lipinski definition) is 2. The number of hydrogen-bond acceptors (Lipinski definition) is 6. The van der Waals surface area contributed by atoms with Crippen LogP contribution in [0.4, 0.5) is 22.7 Å². The molecule has 54 heavy (non-hydrogen) atoms. The average Bonchev–Trinajstić information content (AvgIpc) is 3.17. The number of anilines is 2. The molecule has 0 aliphatic carbocycles. The Hall–Kier alpha value is -4.08. The lowest BCUT2D eigenvalue weighted by Gasteiger charge is -2.23. The van der Waals surface area contributed by atoms with Crippen molar-refractivity contribution < 1.29 is 29.4 Å². The number of aliphatic carboxylic acids is 2. The zero-order chi connectivity index (χ0) is 39.2. The van der Waals surface area contributed by atoms with E-state index < -0.39 is 11.9 Å². The molecule has 0 atom stereocenters. The van der Waals surface area contributed by atoms with Crippen molar-refractivity contribution in [1.82, 2.24) is 0 Å². The van der Waals surface area contributed by atoms with Crippen LogP contribution in [0.25, 0.3) is 0 Å². The largest absolute Gasteiger partial charge is 0.481 e. The highest BCUT2D eigenvalue weighted by Crippen LogP contribution is 2.26. The zero-order valence-electron chi connectivity index (χ0n) is 33.3. The quantitative estimate of drug-likeness (QED) is 0.0564. The topological polar surface area (TPSA) is 140 Å². The van der Waals surface area contributed by atoms with Crippen LogP contribution in [0.2, 0.25) is 0 Å². The lowest BCUT2D eigenvalue weighted by atomic mass is 10.1. The summed E-state index contributed by atoms with van der Waals surface area (Å²) < 4.78 is 0. The van der Waals surface area contributed by atoms with E-state index in [0.29, 0.717) is 35.8 Å². The Balaban J connectivity index is 1.96. The fourth-order valence-electron chi connectivity index (χ4n) is 6.52. The van der Waals surface area contributed by atoms with Crippen molar-refractivity contribution in [1.29, 1.82) is 0 Å². The third-order valence-electron chi connectivity index (χ3n) is 9.78. The first-order valence-corrected chi connectivity index (χ1v) is 20.9. The normalized spacial score (nSPS) is 11.2. The second-order valence-corrected chi connectivity index (χ2v) is 14.5. The predicted octanol–water partition coefficient (Wildman–Crippen LogP) is 12.3. The first-order valence-electron chi connectivity index (χ1n) is 20.9. The Kier molecular flexibility index (Phi) is 25.0. The summed E-state index contributed by atoms with van der Waals surface area (Å²) in [5.41, 5.74) is 2.62. The molecule has 300 valence electrons. The number of amides is 2. The van der Waals surface area contributed by atoms with Crippen molar-refractivity contribution in [2.45, 2.75) is 168 Å². The van der Waals surface area contributed by atoms with Crippen LogP contribution in [0, 0.1) is 0 Å². The maximum atomic E-state index is 13.0. The van der Waals surface area contributed by atoms with E-state index in [4.69, 9.17) is 10.2 Å². The van der Waals surface area contributed by atoms with Crippen molar-refractivity contribution >= 4 is 46.5 Å². The number of carboxylic acids is 2. The fraction of sp³-hybridized carbons (Fsp3) is 0.636. The molecule has 0 aliphatic heterocycles. The van der Waals surface area contributed by atoms with Gasteiger partial charge in [-0.05, 0) is 61.4 Å². The standard InChI is InChI=1S/C44H68N4O6/c1-3-5-7-9-11-13-15-17-19-21-35-47(41(49)31-33-43(51)52)39-27-23-37(24-28-39)45-46-38-25-29-40(30-26-38)48(42(50)32-34-44(53)54)36-22-20-18-16-14-12-10-8-6-4-2/h23-30H,3-22,31-36H2,1-2H3,(H,51,52)(H,53,54). The van der Waals surface area contributed by atoms with E-state index >= 15 is 0 Å². The van der Waals surface area contributed by atoms with Crippen LogP contribution in [-0.2, 0) is 19.2 Å². The molecule has 0 fully saturated rings. The summed E-state index contributed by atoms with van der Waals surface area (Å²) in [5, 5.41) is 27.0. The van der Waals surface area contributed by atoms with Gasteiger partial charge in [0, 0.05) is 37.3 Å². The molecule has 0 saturated heterocycles. The predicted molar refractivity (Wildman–Crippen MR) is 219 cm³/mol. The van der Waals surface area contributed by atoms with Crippen molar-refractivity contribution in [3.63, 3.8) is 0 Å². The molecule has 0 heterocycles. The minimum Gasteiger partial charge on any atom is -0.481 e. The molecule has 2 aromatic rings. The minimum absolute atomic E-state index is 0.0492. The molecule has 0 radical (unpaired) electrons. The van der Waals surface area contributed by atoms with Gasteiger partial charge >= 0.3 is 11.9 Å². The maximum Gasteiger partial charge on any atom is 0.303 e. The number of azo groups is 1. The maximum absolute atomic E-state index is 13.0. The van der Waals surface area contributed by atoms with Crippen LogP contribution >= 0.6 is 0 Å². The van der Waals surface area contributed by atoms with Gasteiger partial charge in [-0.2, -0.15) is 10.2 Å². The Morgan fingerprint density at radius 3 is 0.981 bits per heavy atom. The van der Waals surface area contributed by atoms with Gasteiger partial charge < -0.3 is 20.0 Å². The molecule has 0 bridgehead atoms. The molecule has 10 nitrogen and oxygen atoms in total. The lowest BCUT2D eigenvalue weighted by molar-refractivity contribution is -0.139. The average molecular weight is 749 g/mol. The third kappa shape index (κ3) is 21.0. The van der Waals surface area contributed by atoms with E-state index in [9.17, 15) is 19.2 Å². The molecular formula is C44H68N4O6. The summed E-state index contributed by atoms with van der Waals surface area (Å²) in [6.45, 7) is 5.53. The van der Waals surface area contributed by atoms with Gasteiger partial charge in [-0.15, -0.1) is 0 Å². The number of carboxylic acid groups (broad SMARTS) is 2. The highest BCUT2D eigenvalue weighted by molar-refractivity contribution is 5.95. The molecule has 0 aromatic heterocycles. The summed E-state index contributed by atoms with van der Waals surface area (Å²) in [6, 6.07) is 14.4. The fourth-order valence-corrected chi connectivity index (χ4v) is 6.52. The summed E-state index contributed by atoms with van der Waals surface area (Å²) in [5.74, 6) is -2.38. The molecule has 2 amide bonds.